The highest BCUT2D eigenvalue weighted by Gasteiger charge is 2.59. The lowest BCUT2D eigenvalue weighted by Gasteiger charge is -2.35. The van der Waals surface area contributed by atoms with Crippen molar-refractivity contribution in [3.63, 3.8) is 0 Å². The number of aromatic nitrogens is 7. The first-order valence-corrected chi connectivity index (χ1v) is 22.3. The van der Waals surface area contributed by atoms with Crippen molar-refractivity contribution in [2.24, 2.45) is 5.92 Å². The third kappa shape index (κ3) is 6.54. The monoisotopic (exact) mass is 880 g/mol. The summed E-state index contributed by atoms with van der Waals surface area (Å²) in [4.78, 5) is 47.5. The number of amides is 1. The maximum Gasteiger partial charge on any atom is 0.438 e. The summed E-state index contributed by atoms with van der Waals surface area (Å²) in [7, 11) is 1.79. The van der Waals surface area contributed by atoms with Crippen LogP contribution in [0.3, 0.4) is 0 Å². The lowest BCUT2D eigenvalue weighted by Crippen LogP contribution is -2.41. The molecule has 65 heavy (non-hydrogen) atoms. The summed E-state index contributed by atoms with van der Waals surface area (Å²) in [5.74, 6) is -0.107. The molecular formula is C49H53FN10O5. The fraction of sp³-hybridized carbons (Fsp3) is 0.388. The normalized spacial score (nSPS) is 21.4. The van der Waals surface area contributed by atoms with Gasteiger partial charge in [0.25, 0.3) is 5.91 Å². The summed E-state index contributed by atoms with van der Waals surface area (Å²) in [6, 6.07) is 14.9. The molecular weight excluding hydrogens is 828 g/mol. The van der Waals surface area contributed by atoms with E-state index in [2.05, 4.69) is 54.4 Å². The molecule has 3 N–H and O–H groups in total. The molecule has 2 fully saturated rings. The van der Waals surface area contributed by atoms with Gasteiger partial charge >= 0.3 is 11.4 Å². The zero-order chi connectivity index (χ0) is 45.9. The number of fused-ring (bicyclic) bond motifs is 2. The van der Waals surface area contributed by atoms with Crippen molar-refractivity contribution in [3.8, 4) is 17.2 Å². The number of nitrogens with zero attached hydrogens (tertiary/aromatic N) is 7. The fourth-order valence-electron chi connectivity index (χ4n) is 10.8. The van der Waals surface area contributed by atoms with Gasteiger partial charge in [0.05, 0.1) is 28.7 Å². The number of hydrogen-bond donors (Lipinski definition) is 3. The highest BCUT2D eigenvalue weighted by atomic mass is 19.1. The van der Waals surface area contributed by atoms with Gasteiger partial charge in [-0.3, -0.25) is 23.4 Å². The van der Waals surface area contributed by atoms with Crippen LogP contribution in [0.15, 0.2) is 75.0 Å². The Labute approximate surface area is 374 Å². The third-order valence-electron chi connectivity index (χ3n) is 14.3. The van der Waals surface area contributed by atoms with Gasteiger partial charge in [0.1, 0.15) is 22.9 Å². The number of H-pyrrole nitrogens is 1. The van der Waals surface area contributed by atoms with Crippen LogP contribution in [0.1, 0.15) is 114 Å². The van der Waals surface area contributed by atoms with Crippen LogP contribution >= 0.6 is 0 Å². The molecule has 336 valence electrons. The second-order valence-corrected chi connectivity index (χ2v) is 18.8. The van der Waals surface area contributed by atoms with E-state index in [9.17, 15) is 9.59 Å². The SMILES string of the molecule is CNc1ccc(-n2ccn(-c3c4c(nn3-c3cc(C)c(F)c(C)c3)CCN(C(=O)c3cc5cc([C@H]6CCOC(C)(C)C6)ccc5n3[C@@]3(c5noc(=O)[nH]5)C[C@@H]3C)[C@H]4C)c2=O)c(C)c1C=N. The molecule has 1 saturated carbocycles. The molecule has 4 aromatic heterocycles. The quantitative estimate of drug-likeness (QED) is 0.123. The van der Waals surface area contributed by atoms with Crippen LogP contribution in [0.25, 0.3) is 28.1 Å². The number of hydrogen-bond acceptors (Lipinski definition) is 9. The Morgan fingerprint density at radius 1 is 1.02 bits per heavy atom. The van der Waals surface area contributed by atoms with Crippen LogP contribution < -0.4 is 16.8 Å². The molecule has 15 nitrogen and oxygen atoms in total. The number of rotatable bonds is 9. The molecule has 3 aromatic carbocycles. The van der Waals surface area contributed by atoms with E-state index in [1.54, 1.807) is 54.7 Å². The number of carbonyl (C=O) groups excluding carboxylic acids is 1. The van der Waals surface area contributed by atoms with Gasteiger partial charge in [-0.2, -0.15) is 5.10 Å². The van der Waals surface area contributed by atoms with Gasteiger partial charge < -0.3 is 24.9 Å². The summed E-state index contributed by atoms with van der Waals surface area (Å²) in [6.07, 6.45) is 7.42. The van der Waals surface area contributed by atoms with E-state index >= 15 is 9.18 Å². The molecule has 0 radical (unpaired) electrons. The lowest BCUT2D eigenvalue weighted by atomic mass is 9.83. The van der Waals surface area contributed by atoms with Gasteiger partial charge in [0.2, 0.25) is 0 Å². The second-order valence-electron chi connectivity index (χ2n) is 18.8. The van der Waals surface area contributed by atoms with Crippen molar-refractivity contribution in [3.05, 3.63) is 138 Å². The summed E-state index contributed by atoms with van der Waals surface area (Å²) in [5, 5.41) is 21.5. The van der Waals surface area contributed by atoms with Gasteiger partial charge in [0, 0.05) is 72.9 Å². The number of carbonyl (C=O) groups is 1. The topological polar surface area (TPSA) is 174 Å². The van der Waals surface area contributed by atoms with Gasteiger partial charge in [-0.1, -0.05) is 18.1 Å². The van der Waals surface area contributed by atoms with Crippen molar-refractivity contribution < 1.29 is 18.4 Å². The molecule has 0 bridgehead atoms. The van der Waals surface area contributed by atoms with E-state index in [-0.39, 0.29) is 34.9 Å². The molecule has 16 heteroatoms. The van der Waals surface area contributed by atoms with E-state index in [1.807, 2.05) is 41.5 Å². The van der Waals surface area contributed by atoms with Crippen LogP contribution in [0.4, 0.5) is 10.1 Å². The molecule has 1 saturated heterocycles. The molecule has 3 aliphatic rings. The van der Waals surface area contributed by atoms with E-state index in [0.29, 0.717) is 82.7 Å². The first-order valence-electron chi connectivity index (χ1n) is 22.3. The highest BCUT2D eigenvalue weighted by molar-refractivity contribution is 6.00. The Kier molecular flexibility index (Phi) is 9.82. The lowest BCUT2D eigenvalue weighted by molar-refractivity contribution is -0.0592. The molecule has 2 aliphatic heterocycles. The summed E-state index contributed by atoms with van der Waals surface area (Å²) in [5.41, 5.74) is 6.61. The molecule has 1 aliphatic carbocycles. The van der Waals surface area contributed by atoms with Gasteiger partial charge in [0.15, 0.2) is 5.82 Å². The molecule has 10 rings (SSSR count). The number of benzene rings is 3. The number of aryl methyl sites for hydroxylation is 2. The molecule has 4 atom stereocenters. The zero-order valence-corrected chi connectivity index (χ0v) is 37.9. The highest BCUT2D eigenvalue weighted by Crippen LogP contribution is 2.56. The van der Waals surface area contributed by atoms with E-state index < -0.39 is 17.3 Å². The predicted molar refractivity (Wildman–Crippen MR) is 245 cm³/mol. The number of anilines is 1. The molecule has 6 heterocycles. The number of ether oxygens (including phenoxy) is 1. The van der Waals surface area contributed by atoms with E-state index in [0.717, 1.165) is 35.0 Å². The first kappa shape index (κ1) is 42.2. The van der Waals surface area contributed by atoms with Crippen LogP contribution in [-0.2, 0) is 16.7 Å². The van der Waals surface area contributed by atoms with Crippen molar-refractivity contribution in [2.75, 3.05) is 25.5 Å². The van der Waals surface area contributed by atoms with Crippen LogP contribution in [0.2, 0.25) is 0 Å². The number of imidazole rings is 1. The largest absolute Gasteiger partial charge is 0.438 e. The van der Waals surface area contributed by atoms with Crippen molar-refractivity contribution >= 4 is 28.7 Å². The molecule has 0 spiro atoms. The van der Waals surface area contributed by atoms with Gasteiger partial charge in [-0.05, 0) is 137 Å². The minimum Gasteiger partial charge on any atom is -0.388 e. The predicted octanol–water partition coefficient (Wildman–Crippen LogP) is 7.76. The number of nitrogens with one attached hydrogen (secondary N) is 3. The molecule has 7 aromatic rings. The Bertz CT molecular complexity index is 3190. The van der Waals surface area contributed by atoms with Crippen molar-refractivity contribution in [2.45, 2.75) is 97.2 Å². The minimum atomic E-state index is -0.836. The first-order chi connectivity index (χ1) is 31.1. The number of halogens is 1. The smallest absolute Gasteiger partial charge is 0.388 e. The zero-order valence-electron chi connectivity index (χ0n) is 37.9. The fourth-order valence-corrected chi connectivity index (χ4v) is 10.8. The summed E-state index contributed by atoms with van der Waals surface area (Å²) < 4.78 is 33.1. The summed E-state index contributed by atoms with van der Waals surface area (Å²) >= 11 is 0. The second kappa shape index (κ2) is 15.1. The Balaban J connectivity index is 1.13. The van der Waals surface area contributed by atoms with Gasteiger partial charge in [-0.25, -0.2) is 18.7 Å². The maximum absolute atomic E-state index is 15.6. The van der Waals surface area contributed by atoms with Crippen molar-refractivity contribution in [1.82, 2.24) is 38.5 Å². The minimum absolute atomic E-state index is 0.0169. The average Bonchev–Trinajstić information content (AvgIpc) is 3.77. The van der Waals surface area contributed by atoms with E-state index in [4.69, 9.17) is 19.8 Å². The van der Waals surface area contributed by atoms with Crippen LogP contribution in [-0.4, -0.2) is 76.4 Å². The standard InChI is InChI=1S/C49H53FN10O5/c1-26-19-34(20-27(2)42(26)50)60-43(58-17-16-57(47(58)63)38-12-10-36(52-8)35(25-51)29(38)4)41-30(5)56(15-13-37(41)54-60)44(61)40-22-33-21-31(32-14-18-64-48(6,7)24-32)9-11-39(33)59(40)49(23-28(49)3)45-53-46(62)65-55-45/h9-12,16-17,19-22,25,28,30,32,51-52H,13-15,18,23-24H2,1-8H3,(H,53,55,62)/t28-,30-,32-,49-/m0/s1. The Morgan fingerprint density at radius 2 is 1.75 bits per heavy atom. The van der Waals surface area contributed by atoms with Crippen molar-refractivity contribution in [1.29, 1.82) is 5.41 Å². The average molecular weight is 881 g/mol. The molecule has 1 amide bonds. The summed E-state index contributed by atoms with van der Waals surface area (Å²) in [6.45, 7) is 14.5. The molecule has 0 unspecified atom stereocenters. The number of aromatic amines is 1. The third-order valence-corrected chi connectivity index (χ3v) is 14.3. The van der Waals surface area contributed by atoms with Crippen LogP contribution in [0.5, 0.6) is 0 Å². The van der Waals surface area contributed by atoms with E-state index in [1.165, 1.54) is 16.3 Å². The van der Waals surface area contributed by atoms with Gasteiger partial charge in [-0.15, -0.1) is 0 Å². The Morgan fingerprint density at radius 3 is 2.42 bits per heavy atom. The van der Waals surface area contributed by atoms with Crippen LogP contribution in [0, 0.1) is 37.9 Å². The Hall–Kier alpha value is -6.81. The maximum atomic E-state index is 15.6.